The molecule has 0 amide bonds. The summed E-state index contributed by atoms with van der Waals surface area (Å²) in [6, 6.07) is 0. The first kappa shape index (κ1) is 8.84. The molecule has 1 aromatic heterocycles. The van der Waals surface area contributed by atoms with Gasteiger partial charge in [-0.2, -0.15) is 0 Å². The van der Waals surface area contributed by atoms with E-state index in [9.17, 15) is 4.79 Å². The number of Topliss-reactive ketones (excluding diaryl/α,β-unsaturated/α-hetero) is 1. The Labute approximate surface area is 80.8 Å². The average molecular weight is 197 g/mol. The quantitative estimate of drug-likeness (QED) is 0.680. The standard InChI is InChI=1S/C9H11NO2S/c1-9(3-2-4-12-9)8(11)7-5-13-6-10-7/h5-6H,2-4H2,1H3. The van der Waals surface area contributed by atoms with Crippen molar-refractivity contribution in [1.29, 1.82) is 0 Å². The molecule has 0 N–H and O–H groups in total. The molecular formula is C9H11NO2S. The highest BCUT2D eigenvalue weighted by molar-refractivity contribution is 7.07. The molecule has 1 atom stereocenters. The van der Waals surface area contributed by atoms with Crippen LogP contribution in [0.4, 0.5) is 0 Å². The molecule has 13 heavy (non-hydrogen) atoms. The van der Waals surface area contributed by atoms with E-state index in [1.807, 2.05) is 6.92 Å². The minimum atomic E-state index is -0.617. The van der Waals surface area contributed by atoms with Gasteiger partial charge >= 0.3 is 0 Å². The molecule has 0 saturated carbocycles. The molecule has 0 radical (unpaired) electrons. The van der Waals surface area contributed by atoms with E-state index >= 15 is 0 Å². The van der Waals surface area contributed by atoms with E-state index in [2.05, 4.69) is 4.98 Å². The van der Waals surface area contributed by atoms with Gasteiger partial charge in [0.1, 0.15) is 11.3 Å². The molecule has 2 heterocycles. The van der Waals surface area contributed by atoms with E-state index in [-0.39, 0.29) is 5.78 Å². The number of carbonyl (C=O) groups is 1. The van der Waals surface area contributed by atoms with Gasteiger partial charge in [-0.25, -0.2) is 4.98 Å². The summed E-state index contributed by atoms with van der Waals surface area (Å²) in [4.78, 5) is 15.8. The van der Waals surface area contributed by atoms with Gasteiger partial charge in [0, 0.05) is 12.0 Å². The van der Waals surface area contributed by atoms with Crippen LogP contribution in [0.25, 0.3) is 0 Å². The molecule has 1 saturated heterocycles. The zero-order valence-corrected chi connectivity index (χ0v) is 8.26. The van der Waals surface area contributed by atoms with Crippen LogP contribution in [0.1, 0.15) is 30.3 Å². The van der Waals surface area contributed by atoms with Gasteiger partial charge in [-0.05, 0) is 19.8 Å². The lowest BCUT2D eigenvalue weighted by Crippen LogP contribution is -2.34. The van der Waals surface area contributed by atoms with Crippen molar-refractivity contribution in [2.45, 2.75) is 25.4 Å². The molecule has 0 aliphatic carbocycles. The van der Waals surface area contributed by atoms with E-state index in [1.165, 1.54) is 11.3 Å². The fraction of sp³-hybridized carbons (Fsp3) is 0.556. The van der Waals surface area contributed by atoms with Gasteiger partial charge in [-0.15, -0.1) is 11.3 Å². The summed E-state index contributed by atoms with van der Waals surface area (Å²) < 4.78 is 5.44. The number of rotatable bonds is 2. The number of hydrogen-bond donors (Lipinski definition) is 0. The van der Waals surface area contributed by atoms with Crippen LogP contribution >= 0.6 is 11.3 Å². The summed E-state index contributed by atoms with van der Waals surface area (Å²) in [5.41, 5.74) is 1.59. The minimum Gasteiger partial charge on any atom is -0.367 e. The zero-order chi connectivity index (χ0) is 9.31. The summed E-state index contributed by atoms with van der Waals surface area (Å²) in [7, 11) is 0. The third-order valence-electron chi connectivity index (χ3n) is 2.36. The first-order valence-electron chi connectivity index (χ1n) is 4.29. The molecule has 2 rings (SSSR count). The van der Waals surface area contributed by atoms with Crippen LogP contribution in [0.2, 0.25) is 0 Å². The van der Waals surface area contributed by atoms with E-state index < -0.39 is 5.60 Å². The van der Waals surface area contributed by atoms with Gasteiger partial charge in [0.05, 0.1) is 5.51 Å². The van der Waals surface area contributed by atoms with Gasteiger partial charge in [0.2, 0.25) is 5.78 Å². The lowest BCUT2D eigenvalue weighted by molar-refractivity contribution is 0.0209. The van der Waals surface area contributed by atoms with Crippen molar-refractivity contribution in [3.05, 3.63) is 16.6 Å². The largest absolute Gasteiger partial charge is 0.367 e. The topological polar surface area (TPSA) is 39.2 Å². The third kappa shape index (κ3) is 1.51. The Hall–Kier alpha value is -0.740. The maximum atomic E-state index is 11.8. The lowest BCUT2D eigenvalue weighted by atomic mass is 9.96. The van der Waals surface area contributed by atoms with Crippen LogP contribution in [-0.4, -0.2) is 23.0 Å². The first-order chi connectivity index (χ1) is 6.22. The smallest absolute Gasteiger partial charge is 0.213 e. The van der Waals surface area contributed by atoms with Crippen molar-refractivity contribution in [3.63, 3.8) is 0 Å². The van der Waals surface area contributed by atoms with Crippen molar-refractivity contribution in [2.75, 3.05) is 6.61 Å². The molecule has 1 aliphatic heterocycles. The molecule has 0 bridgehead atoms. The average Bonchev–Trinajstić information content (AvgIpc) is 2.73. The van der Waals surface area contributed by atoms with Gasteiger partial charge < -0.3 is 4.74 Å². The maximum absolute atomic E-state index is 11.8. The van der Waals surface area contributed by atoms with E-state index in [0.29, 0.717) is 12.3 Å². The first-order valence-corrected chi connectivity index (χ1v) is 5.24. The number of thiazole rings is 1. The number of ether oxygens (including phenoxy) is 1. The molecule has 0 spiro atoms. The van der Waals surface area contributed by atoms with Crippen molar-refractivity contribution in [2.24, 2.45) is 0 Å². The van der Waals surface area contributed by atoms with Crippen LogP contribution in [-0.2, 0) is 4.74 Å². The highest BCUT2D eigenvalue weighted by Crippen LogP contribution is 2.28. The molecule has 1 aromatic rings. The fourth-order valence-corrected chi connectivity index (χ4v) is 2.09. The molecule has 0 aromatic carbocycles. The van der Waals surface area contributed by atoms with Crippen LogP contribution in [0.15, 0.2) is 10.9 Å². The van der Waals surface area contributed by atoms with Gasteiger partial charge in [0.15, 0.2) is 0 Å². The Morgan fingerprint density at radius 1 is 1.77 bits per heavy atom. The molecule has 1 aliphatic rings. The zero-order valence-electron chi connectivity index (χ0n) is 7.45. The Bertz CT molecular complexity index is 301. The van der Waals surface area contributed by atoms with E-state index in [0.717, 1.165) is 12.8 Å². The number of hydrogen-bond acceptors (Lipinski definition) is 4. The monoisotopic (exact) mass is 197 g/mol. The summed E-state index contributed by atoms with van der Waals surface area (Å²) in [5.74, 6) is 0.0197. The Morgan fingerprint density at radius 3 is 3.15 bits per heavy atom. The fourth-order valence-electron chi connectivity index (χ4n) is 1.55. The summed E-state index contributed by atoms with van der Waals surface area (Å²) in [6.07, 6.45) is 1.77. The van der Waals surface area contributed by atoms with Crippen LogP contribution in [0.5, 0.6) is 0 Å². The lowest BCUT2D eigenvalue weighted by Gasteiger charge is -2.19. The van der Waals surface area contributed by atoms with Crippen LogP contribution < -0.4 is 0 Å². The number of ketones is 1. The third-order valence-corrected chi connectivity index (χ3v) is 2.95. The van der Waals surface area contributed by atoms with Crippen molar-refractivity contribution < 1.29 is 9.53 Å². The molecule has 3 nitrogen and oxygen atoms in total. The minimum absolute atomic E-state index is 0.0197. The second kappa shape index (κ2) is 3.20. The van der Waals surface area contributed by atoms with Gasteiger partial charge in [0.25, 0.3) is 0 Å². The number of nitrogens with zero attached hydrogens (tertiary/aromatic N) is 1. The van der Waals surface area contributed by atoms with Gasteiger partial charge in [-0.3, -0.25) is 4.79 Å². The molecule has 4 heteroatoms. The summed E-state index contributed by atoms with van der Waals surface area (Å²) >= 11 is 1.44. The highest BCUT2D eigenvalue weighted by atomic mass is 32.1. The highest BCUT2D eigenvalue weighted by Gasteiger charge is 2.38. The van der Waals surface area contributed by atoms with Crippen LogP contribution in [0.3, 0.4) is 0 Å². The number of carbonyl (C=O) groups excluding carboxylic acids is 1. The summed E-state index contributed by atoms with van der Waals surface area (Å²) in [5, 5.41) is 1.77. The second-order valence-corrected chi connectivity index (χ2v) is 4.10. The molecular weight excluding hydrogens is 186 g/mol. The normalized spacial score (nSPS) is 27.8. The van der Waals surface area contributed by atoms with Gasteiger partial charge in [-0.1, -0.05) is 0 Å². The molecule has 70 valence electrons. The number of aromatic nitrogens is 1. The SMILES string of the molecule is CC1(C(=O)c2cscn2)CCCO1. The molecule has 1 unspecified atom stereocenters. The van der Waals surface area contributed by atoms with Crippen molar-refractivity contribution >= 4 is 17.1 Å². The summed E-state index contributed by atoms with van der Waals surface area (Å²) in [6.45, 7) is 2.54. The Morgan fingerprint density at radius 2 is 2.62 bits per heavy atom. The Balaban J connectivity index is 2.21. The predicted molar refractivity (Wildman–Crippen MR) is 50.0 cm³/mol. The predicted octanol–water partition coefficient (Wildman–Crippen LogP) is 1.89. The Kier molecular flexibility index (Phi) is 2.17. The second-order valence-electron chi connectivity index (χ2n) is 3.39. The van der Waals surface area contributed by atoms with Crippen molar-refractivity contribution in [1.82, 2.24) is 4.98 Å². The van der Waals surface area contributed by atoms with E-state index in [1.54, 1.807) is 10.9 Å². The van der Waals surface area contributed by atoms with Crippen molar-refractivity contribution in [3.8, 4) is 0 Å². The molecule has 1 fully saturated rings. The maximum Gasteiger partial charge on any atom is 0.213 e. The van der Waals surface area contributed by atoms with Crippen LogP contribution in [0, 0.1) is 0 Å². The van der Waals surface area contributed by atoms with E-state index in [4.69, 9.17) is 4.74 Å².